The Morgan fingerprint density at radius 1 is 1.36 bits per heavy atom. The summed E-state index contributed by atoms with van der Waals surface area (Å²) in [6.45, 7) is 0. The molecule has 0 bridgehead atoms. The lowest BCUT2D eigenvalue weighted by atomic mass is 10.3. The highest BCUT2D eigenvalue weighted by molar-refractivity contribution is 6.25. The topological polar surface area (TPSA) is 9.23 Å². The minimum atomic E-state index is -0.808. The summed E-state index contributed by atoms with van der Waals surface area (Å²) in [7, 11) is 0. The first-order valence-corrected chi connectivity index (χ1v) is 3.45. The van der Waals surface area contributed by atoms with Crippen molar-refractivity contribution in [1.29, 1.82) is 0 Å². The van der Waals surface area contributed by atoms with Crippen LogP contribution in [-0.4, -0.2) is 0 Å². The number of ether oxygens (including phenoxy) is 1. The van der Waals surface area contributed by atoms with Gasteiger partial charge < -0.3 is 4.74 Å². The van der Waals surface area contributed by atoms with Crippen molar-refractivity contribution < 1.29 is 9.13 Å². The van der Waals surface area contributed by atoms with E-state index >= 15 is 0 Å². The summed E-state index contributed by atoms with van der Waals surface area (Å²) in [5.74, 6) is 0.432. The van der Waals surface area contributed by atoms with Gasteiger partial charge in [0.25, 0.3) is 6.01 Å². The molecule has 1 aromatic carbocycles. The van der Waals surface area contributed by atoms with Crippen LogP contribution in [0.5, 0.6) is 5.75 Å². The lowest BCUT2D eigenvalue weighted by molar-refractivity contribution is 0.303. The standard InChI is InChI=1S/C8H6ClFO/c9-6-8(10)11-7-4-2-1-3-5-7/h1-6H/b8-6+. The van der Waals surface area contributed by atoms with E-state index in [2.05, 4.69) is 4.74 Å². The zero-order chi connectivity index (χ0) is 8.10. The van der Waals surface area contributed by atoms with Gasteiger partial charge in [0, 0.05) is 0 Å². The molecule has 0 spiro atoms. The van der Waals surface area contributed by atoms with Crippen LogP contribution in [0.25, 0.3) is 0 Å². The van der Waals surface area contributed by atoms with Crippen LogP contribution in [0.4, 0.5) is 4.39 Å². The summed E-state index contributed by atoms with van der Waals surface area (Å²) in [4.78, 5) is 0. The molecule has 0 heterocycles. The fourth-order valence-corrected chi connectivity index (χ4v) is 0.668. The average Bonchev–Trinajstić information content (AvgIpc) is 2.06. The van der Waals surface area contributed by atoms with Gasteiger partial charge in [-0.05, 0) is 12.1 Å². The molecule has 0 radical (unpaired) electrons. The largest absolute Gasteiger partial charge is 0.431 e. The van der Waals surface area contributed by atoms with E-state index < -0.39 is 6.01 Å². The van der Waals surface area contributed by atoms with Crippen molar-refractivity contribution in [3.8, 4) is 5.75 Å². The maximum atomic E-state index is 12.3. The fourth-order valence-electron chi connectivity index (χ4n) is 0.623. The maximum absolute atomic E-state index is 12.3. The van der Waals surface area contributed by atoms with Gasteiger partial charge in [0.2, 0.25) is 0 Å². The normalized spacial score (nSPS) is 11.3. The molecule has 0 unspecified atom stereocenters. The smallest absolute Gasteiger partial charge is 0.289 e. The van der Waals surface area contributed by atoms with E-state index in [1.54, 1.807) is 24.3 Å². The van der Waals surface area contributed by atoms with E-state index in [0.717, 1.165) is 5.54 Å². The average molecular weight is 173 g/mol. The summed E-state index contributed by atoms with van der Waals surface area (Å²) >= 11 is 5.04. The van der Waals surface area contributed by atoms with Crippen LogP contribution in [0.15, 0.2) is 41.9 Å². The molecule has 0 saturated carbocycles. The van der Waals surface area contributed by atoms with Gasteiger partial charge >= 0.3 is 0 Å². The summed E-state index contributed by atoms with van der Waals surface area (Å²) in [6, 6.07) is 7.78. The minimum absolute atomic E-state index is 0.432. The third kappa shape index (κ3) is 2.60. The first-order valence-electron chi connectivity index (χ1n) is 3.01. The van der Waals surface area contributed by atoms with E-state index in [9.17, 15) is 4.39 Å². The van der Waals surface area contributed by atoms with Crippen LogP contribution in [0, 0.1) is 0 Å². The predicted octanol–water partition coefficient (Wildman–Crippen LogP) is 3.07. The monoisotopic (exact) mass is 172 g/mol. The molecule has 0 aliphatic heterocycles. The summed E-state index contributed by atoms with van der Waals surface area (Å²) in [5.41, 5.74) is 0.743. The number of benzene rings is 1. The van der Waals surface area contributed by atoms with Crippen molar-refractivity contribution in [2.24, 2.45) is 0 Å². The van der Waals surface area contributed by atoms with E-state index in [0.29, 0.717) is 5.75 Å². The summed E-state index contributed by atoms with van der Waals surface area (Å²) < 4.78 is 17.0. The minimum Gasteiger partial charge on any atom is -0.431 e. The van der Waals surface area contributed by atoms with Gasteiger partial charge in [0.05, 0.1) is 5.54 Å². The van der Waals surface area contributed by atoms with Crippen LogP contribution < -0.4 is 4.74 Å². The molecule has 3 heteroatoms. The Hall–Kier alpha value is -1.02. The van der Waals surface area contributed by atoms with Gasteiger partial charge in [0.1, 0.15) is 5.75 Å². The van der Waals surface area contributed by atoms with Crippen molar-refractivity contribution in [2.45, 2.75) is 0 Å². The molecule has 0 amide bonds. The molecule has 0 saturated heterocycles. The van der Waals surface area contributed by atoms with Gasteiger partial charge in [-0.1, -0.05) is 29.8 Å². The number of hydrogen-bond donors (Lipinski definition) is 0. The SMILES string of the molecule is F/C(=C\Cl)Oc1ccccc1. The second-order valence-electron chi connectivity index (χ2n) is 1.83. The molecule has 1 aromatic rings. The lowest BCUT2D eigenvalue weighted by Crippen LogP contribution is -1.86. The fraction of sp³-hybridized carbons (Fsp3) is 0. The zero-order valence-corrected chi connectivity index (χ0v) is 6.38. The molecule has 1 nitrogen and oxygen atoms in total. The van der Waals surface area contributed by atoms with Crippen molar-refractivity contribution >= 4 is 11.6 Å². The summed E-state index contributed by atoms with van der Waals surface area (Å²) in [6.07, 6.45) is 0. The van der Waals surface area contributed by atoms with Crippen LogP contribution in [0.1, 0.15) is 0 Å². The molecule has 0 aromatic heterocycles. The second-order valence-corrected chi connectivity index (χ2v) is 2.05. The molecule has 0 fully saturated rings. The van der Waals surface area contributed by atoms with Crippen LogP contribution >= 0.6 is 11.6 Å². The van der Waals surface area contributed by atoms with Crippen LogP contribution in [0.3, 0.4) is 0 Å². The third-order valence-electron chi connectivity index (χ3n) is 1.04. The van der Waals surface area contributed by atoms with Gasteiger partial charge in [-0.3, -0.25) is 0 Å². The van der Waals surface area contributed by atoms with Crippen molar-refractivity contribution in [3.63, 3.8) is 0 Å². The van der Waals surface area contributed by atoms with E-state index in [1.807, 2.05) is 6.07 Å². The van der Waals surface area contributed by atoms with Crippen molar-refractivity contribution in [1.82, 2.24) is 0 Å². The van der Waals surface area contributed by atoms with Gasteiger partial charge in [-0.2, -0.15) is 4.39 Å². The Morgan fingerprint density at radius 3 is 2.55 bits per heavy atom. The Morgan fingerprint density at radius 2 is 2.00 bits per heavy atom. The van der Waals surface area contributed by atoms with Gasteiger partial charge in [0.15, 0.2) is 0 Å². The van der Waals surface area contributed by atoms with Crippen LogP contribution in [-0.2, 0) is 0 Å². The molecular weight excluding hydrogens is 167 g/mol. The second kappa shape index (κ2) is 3.98. The number of para-hydroxylation sites is 1. The van der Waals surface area contributed by atoms with E-state index in [1.165, 1.54) is 0 Å². The Balaban J connectivity index is 2.65. The number of hydrogen-bond acceptors (Lipinski definition) is 1. The van der Waals surface area contributed by atoms with E-state index in [4.69, 9.17) is 11.6 Å². The molecule has 0 aliphatic carbocycles. The lowest BCUT2D eigenvalue weighted by Gasteiger charge is -1.99. The number of halogens is 2. The Bertz CT molecular complexity index is 246. The first kappa shape index (κ1) is 8.08. The third-order valence-corrected chi connectivity index (χ3v) is 1.22. The first-order chi connectivity index (χ1) is 5.33. The zero-order valence-electron chi connectivity index (χ0n) is 5.63. The predicted molar refractivity (Wildman–Crippen MR) is 42.1 cm³/mol. The maximum Gasteiger partial charge on any atom is 0.289 e. The highest BCUT2D eigenvalue weighted by atomic mass is 35.5. The van der Waals surface area contributed by atoms with Crippen molar-refractivity contribution in [2.75, 3.05) is 0 Å². The molecule has 58 valence electrons. The van der Waals surface area contributed by atoms with Crippen LogP contribution in [0.2, 0.25) is 0 Å². The molecular formula is C8H6ClFO. The highest BCUT2D eigenvalue weighted by Gasteiger charge is 1.94. The molecule has 0 atom stereocenters. The van der Waals surface area contributed by atoms with Crippen molar-refractivity contribution in [3.05, 3.63) is 41.9 Å². The number of rotatable bonds is 2. The van der Waals surface area contributed by atoms with Gasteiger partial charge in [-0.15, -0.1) is 0 Å². The molecule has 1 rings (SSSR count). The quantitative estimate of drug-likeness (QED) is 0.623. The molecule has 11 heavy (non-hydrogen) atoms. The highest BCUT2D eigenvalue weighted by Crippen LogP contribution is 2.13. The molecule has 0 N–H and O–H groups in total. The van der Waals surface area contributed by atoms with E-state index in [-0.39, 0.29) is 0 Å². The Labute approximate surface area is 69.1 Å². The molecule has 0 aliphatic rings. The Kier molecular flexibility index (Phi) is 2.93. The summed E-state index contributed by atoms with van der Waals surface area (Å²) in [5, 5.41) is 0. The van der Waals surface area contributed by atoms with Gasteiger partial charge in [-0.25, -0.2) is 0 Å².